The van der Waals surface area contributed by atoms with Gasteiger partial charge in [0.15, 0.2) is 0 Å². The highest BCUT2D eigenvalue weighted by Gasteiger charge is 2.49. The fraction of sp³-hybridized carbons (Fsp3) is 0.636. The van der Waals surface area contributed by atoms with E-state index in [1.165, 1.54) is 25.7 Å². The van der Waals surface area contributed by atoms with Gasteiger partial charge in [-0.15, -0.1) is 0 Å². The van der Waals surface area contributed by atoms with Crippen molar-refractivity contribution in [2.24, 2.45) is 23.5 Å². The van der Waals surface area contributed by atoms with Gasteiger partial charge in [-0.25, -0.2) is 0 Å². The van der Waals surface area contributed by atoms with Crippen LogP contribution in [-0.4, -0.2) is 54.9 Å². The molecule has 1 aromatic carbocycles. The summed E-state index contributed by atoms with van der Waals surface area (Å²) in [5.41, 5.74) is 6.57. The van der Waals surface area contributed by atoms with E-state index in [-0.39, 0.29) is 11.9 Å². The van der Waals surface area contributed by atoms with Gasteiger partial charge in [0.1, 0.15) is 5.75 Å². The van der Waals surface area contributed by atoms with E-state index < -0.39 is 0 Å². The van der Waals surface area contributed by atoms with E-state index in [1.807, 2.05) is 12.1 Å². The summed E-state index contributed by atoms with van der Waals surface area (Å²) < 4.78 is 5.30. The molecule has 0 radical (unpaired) electrons. The van der Waals surface area contributed by atoms with Gasteiger partial charge in [-0.3, -0.25) is 14.5 Å². The number of methoxy groups -OCH3 is 1. The van der Waals surface area contributed by atoms with Crippen molar-refractivity contribution >= 4 is 11.8 Å². The van der Waals surface area contributed by atoms with E-state index in [1.54, 1.807) is 7.11 Å². The van der Waals surface area contributed by atoms with Crippen LogP contribution in [0.15, 0.2) is 24.3 Å². The van der Waals surface area contributed by atoms with Crippen molar-refractivity contribution in [1.82, 2.24) is 9.80 Å². The Morgan fingerprint density at radius 3 is 2.46 bits per heavy atom. The summed E-state index contributed by atoms with van der Waals surface area (Å²) in [5, 5.41) is 0. The minimum absolute atomic E-state index is 0.0719. The third-order valence-electron chi connectivity index (χ3n) is 6.83. The maximum Gasteiger partial charge on any atom is 0.231 e. The molecule has 2 amide bonds. The molecule has 2 N–H and O–H groups in total. The Morgan fingerprint density at radius 2 is 1.82 bits per heavy atom. The lowest BCUT2D eigenvalue weighted by molar-refractivity contribution is -0.134. The van der Waals surface area contributed by atoms with Crippen molar-refractivity contribution in [2.45, 2.75) is 38.1 Å². The zero-order valence-corrected chi connectivity index (χ0v) is 16.7. The Labute approximate surface area is 167 Å². The quantitative estimate of drug-likeness (QED) is 0.814. The normalized spacial score (nSPS) is 27.9. The van der Waals surface area contributed by atoms with Crippen LogP contribution in [0.25, 0.3) is 0 Å². The number of carbonyl (C=O) groups is 2. The van der Waals surface area contributed by atoms with Crippen molar-refractivity contribution in [3.8, 4) is 5.75 Å². The summed E-state index contributed by atoms with van der Waals surface area (Å²) in [4.78, 5) is 28.8. The van der Waals surface area contributed by atoms with Crippen LogP contribution in [0.2, 0.25) is 0 Å². The first-order chi connectivity index (χ1) is 13.5. The van der Waals surface area contributed by atoms with E-state index in [2.05, 4.69) is 21.9 Å². The molecule has 0 aromatic heterocycles. The molecule has 152 valence electrons. The summed E-state index contributed by atoms with van der Waals surface area (Å²) in [6.45, 7) is 2.74. The van der Waals surface area contributed by atoms with Crippen LogP contribution >= 0.6 is 0 Å². The Morgan fingerprint density at radius 1 is 1.11 bits per heavy atom. The second-order valence-electron chi connectivity index (χ2n) is 8.70. The Hall–Kier alpha value is -2.08. The summed E-state index contributed by atoms with van der Waals surface area (Å²) in [6, 6.07) is 8.18. The maximum absolute atomic E-state index is 13.2. The molecule has 28 heavy (non-hydrogen) atoms. The molecule has 2 heterocycles. The number of amides is 2. The van der Waals surface area contributed by atoms with Gasteiger partial charge in [-0.1, -0.05) is 25.0 Å². The van der Waals surface area contributed by atoms with Crippen molar-refractivity contribution in [2.75, 3.05) is 33.3 Å². The highest BCUT2D eigenvalue weighted by molar-refractivity contribution is 5.78. The van der Waals surface area contributed by atoms with E-state index >= 15 is 0 Å². The topological polar surface area (TPSA) is 75.9 Å². The zero-order valence-electron chi connectivity index (χ0n) is 16.7. The van der Waals surface area contributed by atoms with E-state index in [0.717, 1.165) is 30.9 Å². The molecule has 3 atom stereocenters. The molecule has 0 unspecified atom stereocenters. The maximum atomic E-state index is 13.2. The Bertz CT molecular complexity index is 714. The molecule has 1 aromatic rings. The fourth-order valence-corrected chi connectivity index (χ4v) is 5.55. The van der Waals surface area contributed by atoms with Gasteiger partial charge in [0.2, 0.25) is 11.8 Å². The third kappa shape index (κ3) is 3.88. The number of nitrogens with two attached hydrogens (primary N) is 1. The first-order valence-electron chi connectivity index (χ1n) is 10.5. The summed E-state index contributed by atoms with van der Waals surface area (Å²) >= 11 is 0. The Kier molecular flexibility index (Phi) is 5.58. The number of fused-ring (bicyclic) bond motifs is 1. The standard InChI is InChI=1S/C22H31N3O3/c1-28-18-8-6-16(7-9-18)22-19-13-24(14-20(23)26)11-17(19)12-25(22)21(27)10-15-4-2-3-5-15/h6-9,15,17,19,22H,2-5,10-14H2,1H3,(H2,23,26)/t17-,19-,22-/m0/s1. The third-order valence-corrected chi connectivity index (χ3v) is 6.83. The number of hydrogen-bond donors (Lipinski definition) is 1. The number of primary amides is 1. The number of benzene rings is 1. The first-order valence-corrected chi connectivity index (χ1v) is 10.5. The minimum Gasteiger partial charge on any atom is -0.497 e. The van der Waals surface area contributed by atoms with Gasteiger partial charge in [0.25, 0.3) is 0 Å². The van der Waals surface area contributed by atoms with Gasteiger partial charge in [0.05, 0.1) is 19.7 Å². The number of ether oxygens (including phenoxy) is 1. The SMILES string of the molecule is COc1ccc([C@H]2[C@H]3CN(CC(N)=O)C[C@H]3CN2C(=O)CC2CCCC2)cc1. The van der Waals surface area contributed by atoms with Gasteiger partial charge >= 0.3 is 0 Å². The average Bonchev–Trinajstić information content (AvgIpc) is 3.37. The molecule has 6 nitrogen and oxygen atoms in total. The second-order valence-corrected chi connectivity index (χ2v) is 8.70. The molecule has 3 fully saturated rings. The molecule has 3 aliphatic rings. The van der Waals surface area contributed by atoms with Crippen molar-refractivity contribution < 1.29 is 14.3 Å². The highest BCUT2D eigenvalue weighted by atomic mass is 16.5. The summed E-state index contributed by atoms with van der Waals surface area (Å²) in [7, 11) is 1.66. The lowest BCUT2D eigenvalue weighted by atomic mass is 9.89. The molecular formula is C22H31N3O3. The van der Waals surface area contributed by atoms with Gasteiger partial charge in [0, 0.05) is 32.0 Å². The second kappa shape index (κ2) is 8.11. The monoisotopic (exact) mass is 385 g/mol. The van der Waals surface area contributed by atoms with E-state index in [9.17, 15) is 9.59 Å². The van der Waals surface area contributed by atoms with Crippen LogP contribution < -0.4 is 10.5 Å². The molecule has 6 heteroatoms. The molecular weight excluding hydrogens is 354 g/mol. The lowest BCUT2D eigenvalue weighted by Crippen LogP contribution is -2.38. The van der Waals surface area contributed by atoms with Crippen LogP contribution in [0.1, 0.15) is 43.7 Å². The molecule has 0 spiro atoms. The summed E-state index contributed by atoms with van der Waals surface area (Å²) in [6.07, 6.45) is 5.56. The van der Waals surface area contributed by atoms with Gasteiger partial charge in [-0.05, 0) is 42.4 Å². The first kappa shape index (κ1) is 19.2. The van der Waals surface area contributed by atoms with Crippen molar-refractivity contribution in [1.29, 1.82) is 0 Å². The number of likely N-dealkylation sites (tertiary alicyclic amines) is 2. The number of rotatable bonds is 6. The smallest absolute Gasteiger partial charge is 0.231 e. The average molecular weight is 386 g/mol. The van der Waals surface area contributed by atoms with Crippen molar-refractivity contribution in [3.05, 3.63) is 29.8 Å². The van der Waals surface area contributed by atoms with Crippen LogP contribution in [0, 0.1) is 17.8 Å². The van der Waals surface area contributed by atoms with Crippen molar-refractivity contribution in [3.63, 3.8) is 0 Å². The minimum atomic E-state index is -0.282. The van der Waals surface area contributed by atoms with E-state index in [4.69, 9.17) is 10.5 Å². The molecule has 1 saturated carbocycles. The molecule has 0 bridgehead atoms. The number of hydrogen-bond acceptors (Lipinski definition) is 4. The number of carbonyl (C=O) groups excluding carboxylic acids is 2. The molecule has 2 aliphatic heterocycles. The Balaban J connectivity index is 1.55. The van der Waals surface area contributed by atoms with E-state index in [0.29, 0.717) is 36.6 Å². The number of nitrogens with zero attached hydrogens (tertiary/aromatic N) is 2. The largest absolute Gasteiger partial charge is 0.497 e. The molecule has 4 rings (SSSR count). The molecule has 1 aliphatic carbocycles. The van der Waals surface area contributed by atoms with Gasteiger partial charge in [-0.2, -0.15) is 0 Å². The summed E-state index contributed by atoms with van der Waals surface area (Å²) in [5.74, 6) is 2.14. The zero-order chi connectivity index (χ0) is 19.7. The predicted molar refractivity (Wildman–Crippen MR) is 107 cm³/mol. The predicted octanol–water partition coefficient (Wildman–Crippen LogP) is 2.19. The van der Waals surface area contributed by atoms with Crippen LogP contribution in [0.5, 0.6) is 5.75 Å². The van der Waals surface area contributed by atoms with Crippen LogP contribution in [0.3, 0.4) is 0 Å². The lowest BCUT2D eigenvalue weighted by Gasteiger charge is -2.30. The van der Waals surface area contributed by atoms with Crippen LogP contribution in [-0.2, 0) is 9.59 Å². The fourth-order valence-electron chi connectivity index (χ4n) is 5.55. The highest BCUT2D eigenvalue weighted by Crippen LogP contribution is 2.46. The van der Waals surface area contributed by atoms with Crippen LogP contribution in [0.4, 0.5) is 0 Å². The molecule has 2 saturated heterocycles. The van der Waals surface area contributed by atoms with Gasteiger partial charge < -0.3 is 15.4 Å².